The SMILES string of the molecule is OCc1ccc(B2OCc3cc(F)ccc32)cc1Cl. The van der Waals surface area contributed by atoms with Gasteiger partial charge in [-0.05, 0) is 40.3 Å². The van der Waals surface area contributed by atoms with Crippen molar-refractivity contribution in [3.63, 3.8) is 0 Å². The maximum atomic E-state index is 13.1. The van der Waals surface area contributed by atoms with E-state index in [4.69, 9.17) is 21.4 Å². The predicted molar refractivity (Wildman–Crippen MR) is 73.6 cm³/mol. The van der Waals surface area contributed by atoms with Gasteiger partial charge in [0, 0.05) is 5.02 Å². The molecule has 1 N–H and O–H groups in total. The van der Waals surface area contributed by atoms with Gasteiger partial charge >= 0.3 is 6.92 Å². The quantitative estimate of drug-likeness (QED) is 0.845. The van der Waals surface area contributed by atoms with E-state index in [-0.39, 0.29) is 19.3 Å². The molecule has 1 aliphatic heterocycles. The summed E-state index contributed by atoms with van der Waals surface area (Å²) in [5.74, 6) is -0.253. The number of hydrogen-bond acceptors (Lipinski definition) is 2. The minimum absolute atomic E-state index is 0.0908. The van der Waals surface area contributed by atoms with Crippen LogP contribution in [0.4, 0.5) is 4.39 Å². The predicted octanol–water partition coefficient (Wildman–Crippen LogP) is 1.61. The molecule has 19 heavy (non-hydrogen) atoms. The molecule has 1 aliphatic rings. The van der Waals surface area contributed by atoms with Gasteiger partial charge < -0.3 is 9.76 Å². The van der Waals surface area contributed by atoms with Crippen molar-refractivity contribution in [1.29, 1.82) is 0 Å². The zero-order valence-electron chi connectivity index (χ0n) is 10.1. The number of benzene rings is 2. The first-order chi connectivity index (χ1) is 9.19. The number of aliphatic hydroxyl groups is 1. The van der Waals surface area contributed by atoms with Gasteiger partial charge in [-0.3, -0.25) is 0 Å². The Morgan fingerprint density at radius 1 is 1.26 bits per heavy atom. The van der Waals surface area contributed by atoms with Crippen LogP contribution in [0.25, 0.3) is 0 Å². The van der Waals surface area contributed by atoms with Gasteiger partial charge in [0.25, 0.3) is 0 Å². The average molecular weight is 277 g/mol. The van der Waals surface area contributed by atoms with E-state index in [0.717, 1.165) is 16.5 Å². The lowest BCUT2D eigenvalue weighted by molar-refractivity contribution is 0.282. The van der Waals surface area contributed by atoms with E-state index < -0.39 is 0 Å². The molecular weight excluding hydrogens is 265 g/mol. The molecule has 1 heterocycles. The highest BCUT2D eigenvalue weighted by Gasteiger charge is 2.30. The molecular formula is C14H11BClFO2. The van der Waals surface area contributed by atoms with Gasteiger partial charge in [0.2, 0.25) is 0 Å². The Labute approximate surface area is 115 Å². The molecule has 0 bridgehead atoms. The summed E-state index contributed by atoms with van der Waals surface area (Å²) in [5.41, 5.74) is 3.43. The lowest BCUT2D eigenvalue weighted by Gasteiger charge is -2.09. The summed E-state index contributed by atoms with van der Waals surface area (Å²) in [7, 11) is 0. The molecule has 0 aromatic heterocycles. The number of rotatable bonds is 2. The summed E-state index contributed by atoms with van der Waals surface area (Å²) in [5, 5.41) is 9.62. The molecule has 0 amide bonds. The van der Waals surface area contributed by atoms with Crippen LogP contribution in [0.1, 0.15) is 11.1 Å². The second-order valence-corrected chi connectivity index (χ2v) is 4.95. The molecule has 0 atom stereocenters. The van der Waals surface area contributed by atoms with Gasteiger partial charge in [-0.15, -0.1) is 0 Å². The Balaban J connectivity index is 1.99. The Hall–Kier alpha value is -1.36. The fourth-order valence-corrected chi connectivity index (χ4v) is 2.60. The van der Waals surface area contributed by atoms with Crippen molar-refractivity contribution in [1.82, 2.24) is 0 Å². The van der Waals surface area contributed by atoms with Crippen LogP contribution in [-0.2, 0) is 17.9 Å². The molecule has 2 nitrogen and oxygen atoms in total. The lowest BCUT2D eigenvalue weighted by atomic mass is 9.56. The second kappa shape index (κ2) is 4.97. The van der Waals surface area contributed by atoms with E-state index >= 15 is 0 Å². The Bertz CT molecular complexity index is 633. The largest absolute Gasteiger partial charge is 0.423 e. The second-order valence-electron chi connectivity index (χ2n) is 4.54. The van der Waals surface area contributed by atoms with Gasteiger partial charge in [-0.1, -0.05) is 29.8 Å². The third kappa shape index (κ3) is 2.27. The van der Waals surface area contributed by atoms with E-state index in [1.807, 2.05) is 6.07 Å². The Kier molecular flexibility index (Phi) is 3.31. The smallest absolute Gasteiger partial charge is 0.362 e. The first-order valence-corrected chi connectivity index (χ1v) is 6.36. The molecule has 2 aromatic rings. The molecule has 2 aromatic carbocycles. The van der Waals surface area contributed by atoms with Crippen molar-refractivity contribution in [3.8, 4) is 0 Å². The molecule has 0 unspecified atom stereocenters. The van der Waals surface area contributed by atoms with E-state index in [9.17, 15) is 4.39 Å². The third-order valence-electron chi connectivity index (χ3n) is 3.34. The molecule has 0 spiro atoms. The van der Waals surface area contributed by atoms with E-state index in [0.29, 0.717) is 17.2 Å². The third-order valence-corrected chi connectivity index (χ3v) is 3.70. The summed E-state index contributed by atoms with van der Waals surface area (Å²) in [6.07, 6.45) is 0. The highest BCUT2D eigenvalue weighted by molar-refractivity contribution is 6.81. The summed E-state index contributed by atoms with van der Waals surface area (Å²) in [4.78, 5) is 0. The molecule has 0 radical (unpaired) electrons. The van der Waals surface area contributed by atoms with Crippen LogP contribution < -0.4 is 10.9 Å². The zero-order valence-corrected chi connectivity index (χ0v) is 10.8. The lowest BCUT2D eigenvalue weighted by Crippen LogP contribution is -2.41. The maximum Gasteiger partial charge on any atom is 0.362 e. The van der Waals surface area contributed by atoms with Crippen LogP contribution >= 0.6 is 11.6 Å². The highest BCUT2D eigenvalue weighted by atomic mass is 35.5. The van der Waals surface area contributed by atoms with Crippen LogP contribution in [0.15, 0.2) is 36.4 Å². The van der Waals surface area contributed by atoms with Crippen molar-refractivity contribution in [3.05, 3.63) is 58.4 Å². The van der Waals surface area contributed by atoms with Crippen molar-refractivity contribution in [2.75, 3.05) is 0 Å². The molecule has 0 saturated carbocycles. The standard InChI is InChI=1S/C14H11BClFO2/c16-14-6-11(2-1-9(14)7-18)15-13-4-3-12(17)5-10(13)8-19-15/h1-6,18H,7-8H2. The minimum atomic E-state index is -0.253. The fraction of sp³-hybridized carbons (Fsp3) is 0.143. The van der Waals surface area contributed by atoms with Gasteiger partial charge in [0.05, 0.1) is 13.2 Å². The van der Waals surface area contributed by atoms with Crippen molar-refractivity contribution < 1.29 is 14.2 Å². The van der Waals surface area contributed by atoms with Gasteiger partial charge in [0.15, 0.2) is 0 Å². The zero-order chi connectivity index (χ0) is 13.4. The number of halogens is 2. The average Bonchev–Trinajstić information content (AvgIpc) is 2.81. The molecule has 5 heteroatoms. The van der Waals surface area contributed by atoms with E-state index in [2.05, 4.69) is 0 Å². The fourth-order valence-electron chi connectivity index (χ4n) is 2.35. The molecule has 0 fully saturated rings. The monoisotopic (exact) mass is 276 g/mol. The van der Waals surface area contributed by atoms with E-state index in [1.165, 1.54) is 12.1 Å². The summed E-state index contributed by atoms with van der Waals surface area (Å²) < 4.78 is 18.9. The Morgan fingerprint density at radius 3 is 2.84 bits per heavy atom. The van der Waals surface area contributed by atoms with Gasteiger partial charge in [-0.25, -0.2) is 4.39 Å². The van der Waals surface area contributed by atoms with Gasteiger partial charge in [-0.2, -0.15) is 0 Å². The van der Waals surface area contributed by atoms with Crippen molar-refractivity contribution in [2.45, 2.75) is 13.2 Å². The normalized spacial score (nSPS) is 13.7. The molecule has 0 saturated heterocycles. The minimum Gasteiger partial charge on any atom is -0.423 e. The van der Waals surface area contributed by atoms with E-state index in [1.54, 1.807) is 18.2 Å². The van der Waals surface area contributed by atoms with Crippen LogP contribution in [-0.4, -0.2) is 12.0 Å². The van der Waals surface area contributed by atoms with Crippen molar-refractivity contribution in [2.24, 2.45) is 0 Å². The van der Waals surface area contributed by atoms with Crippen molar-refractivity contribution >= 4 is 29.4 Å². The van der Waals surface area contributed by atoms with Crippen LogP contribution in [0, 0.1) is 5.82 Å². The maximum absolute atomic E-state index is 13.1. The first kappa shape index (κ1) is 12.7. The van der Waals surface area contributed by atoms with Crippen LogP contribution in [0.5, 0.6) is 0 Å². The number of fused-ring (bicyclic) bond motifs is 1. The topological polar surface area (TPSA) is 29.5 Å². The first-order valence-electron chi connectivity index (χ1n) is 5.98. The number of aliphatic hydroxyl groups excluding tert-OH is 1. The summed E-state index contributed by atoms with van der Waals surface area (Å²) >= 11 is 6.08. The molecule has 96 valence electrons. The van der Waals surface area contributed by atoms with Crippen LogP contribution in [0.3, 0.4) is 0 Å². The highest BCUT2D eigenvalue weighted by Crippen LogP contribution is 2.17. The summed E-state index contributed by atoms with van der Waals surface area (Å²) in [6, 6.07) is 10.1. The van der Waals surface area contributed by atoms with Crippen LogP contribution in [0.2, 0.25) is 5.02 Å². The Morgan fingerprint density at radius 2 is 2.11 bits per heavy atom. The number of hydrogen-bond donors (Lipinski definition) is 1. The molecule has 3 rings (SSSR count). The summed E-state index contributed by atoms with van der Waals surface area (Å²) in [6.45, 7) is 0.0877. The molecule has 0 aliphatic carbocycles. The van der Waals surface area contributed by atoms with Gasteiger partial charge in [0.1, 0.15) is 5.82 Å².